The van der Waals surface area contributed by atoms with Gasteiger partial charge in [0.2, 0.25) is 5.95 Å². The molecule has 1 N–H and O–H groups in total. The van der Waals surface area contributed by atoms with Crippen molar-refractivity contribution in [3.63, 3.8) is 0 Å². The first-order chi connectivity index (χ1) is 17.9. The maximum Gasteiger partial charge on any atom is 0.275 e. The summed E-state index contributed by atoms with van der Waals surface area (Å²) in [4.78, 5) is 31.6. The molecular weight excluding hydrogens is 489 g/mol. The van der Waals surface area contributed by atoms with E-state index in [0.717, 1.165) is 49.6 Å². The van der Waals surface area contributed by atoms with Crippen molar-refractivity contribution >= 4 is 17.5 Å². The second kappa shape index (κ2) is 10.2. The van der Waals surface area contributed by atoms with Gasteiger partial charge in [-0.05, 0) is 18.6 Å². The standard InChI is InChI=1S/C24H21F3N8O2/c1-37-19-4-3-16(22(26)27)20(21(19)25)17-10-28-11-18(33-17)23(36)32-15-9-31-35(13-15)12-14-7-29-24(30-8-14)34-5-2-6-34/h3-4,7-11,13,22H,2,5-6,12H2,1H3,(H,32,36). The Labute approximate surface area is 209 Å². The average molecular weight is 510 g/mol. The molecule has 1 saturated heterocycles. The SMILES string of the molecule is COc1ccc(C(F)F)c(-c2cncc(C(=O)Nc3cnn(Cc4cnc(N5CCC5)nc4)c3)n2)c1F. The molecule has 5 rings (SSSR count). The molecule has 1 aliphatic heterocycles. The van der Waals surface area contributed by atoms with Crippen molar-refractivity contribution in [2.45, 2.75) is 19.4 Å². The quantitative estimate of drug-likeness (QED) is 0.382. The fourth-order valence-electron chi connectivity index (χ4n) is 3.77. The second-order valence-electron chi connectivity index (χ2n) is 8.25. The summed E-state index contributed by atoms with van der Waals surface area (Å²) in [6.45, 7) is 2.30. The summed E-state index contributed by atoms with van der Waals surface area (Å²) in [6.07, 6.45) is 6.93. The summed E-state index contributed by atoms with van der Waals surface area (Å²) in [5, 5.41) is 6.85. The first-order valence-corrected chi connectivity index (χ1v) is 11.3. The number of aromatic nitrogens is 6. The van der Waals surface area contributed by atoms with Gasteiger partial charge >= 0.3 is 0 Å². The van der Waals surface area contributed by atoms with Crippen LogP contribution in [0.3, 0.4) is 0 Å². The number of carbonyl (C=O) groups is 1. The average Bonchev–Trinajstić information content (AvgIpc) is 3.30. The minimum Gasteiger partial charge on any atom is -0.494 e. The van der Waals surface area contributed by atoms with Crippen molar-refractivity contribution in [3.05, 3.63) is 72.0 Å². The molecule has 0 bridgehead atoms. The number of alkyl halides is 2. The van der Waals surface area contributed by atoms with E-state index in [1.165, 1.54) is 13.3 Å². The number of rotatable bonds is 8. The number of benzene rings is 1. The zero-order valence-corrected chi connectivity index (χ0v) is 19.6. The van der Waals surface area contributed by atoms with Crippen LogP contribution in [0.15, 0.2) is 49.3 Å². The molecule has 1 aromatic carbocycles. The lowest BCUT2D eigenvalue weighted by Gasteiger charge is -2.30. The first kappa shape index (κ1) is 24.2. The van der Waals surface area contributed by atoms with E-state index in [4.69, 9.17) is 4.74 Å². The van der Waals surface area contributed by atoms with Gasteiger partial charge in [-0.25, -0.2) is 28.1 Å². The Morgan fingerprint density at radius 3 is 2.59 bits per heavy atom. The van der Waals surface area contributed by atoms with Gasteiger partial charge in [0.05, 0.1) is 49.2 Å². The predicted molar refractivity (Wildman–Crippen MR) is 127 cm³/mol. The van der Waals surface area contributed by atoms with E-state index >= 15 is 0 Å². The Balaban J connectivity index is 1.31. The monoisotopic (exact) mass is 510 g/mol. The van der Waals surface area contributed by atoms with E-state index in [-0.39, 0.29) is 17.1 Å². The van der Waals surface area contributed by atoms with Crippen LogP contribution in [-0.4, -0.2) is 55.8 Å². The topological polar surface area (TPSA) is 111 Å². The van der Waals surface area contributed by atoms with Crippen LogP contribution >= 0.6 is 0 Å². The molecule has 0 spiro atoms. The maximum absolute atomic E-state index is 14.9. The zero-order chi connectivity index (χ0) is 25.9. The number of hydrogen-bond acceptors (Lipinski definition) is 8. The lowest BCUT2D eigenvalue weighted by molar-refractivity contribution is 0.102. The van der Waals surface area contributed by atoms with Gasteiger partial charge in [0.25, 0.3) is 12.3 Å². The normalized spacial score (nSPS) is 12.9. The first-order valence-electron chi connectivity index (χ1n) is 11.3. The number of anilines is 2. The summed E-state index contributed by atoms with van der Waals surface area (Å²) in [7, 11) is 1.22. The number of carbonyl (C=O) groups excluding carboxylic acids is 1. The number of amides is 1. The van der Waals surface area contributed by atoms with Crippen LogP contribution in [0.2, 0.25) is 0 Å². The molecule has 0 unspecified atom stereocenters. The minimum absolute atomic E-state index is 0.192. The van der Waals surface area contributed by atoms with Gasteiger partial charge in [0.1, 0.15) is 5.69 Å². The third-order valence-corrected chi connectivity index (χ3v) is 5.78. The Morgan fingerprint density at radius 1 is 1.14 bits per heavy atom. The van der Waals surface area contributed by atoms with Crippen molar-refractivity contribution in [1.82, 2.24) is 29.7 Å². The Kier molecular flexibility index (Phi) is 6.66. The molecule has 0 radical (unpaired) electrons. The molecule has 0 saturated carbocycles. The minimum atomic E-state index is -2.97. The van der Waals surface area contributed by atoms with Crippen LogP contribution in [0.25, 0.3) is 11.3 Å². The molecule has 13 heteroatoms. The summed E-state index contributed by atoms with van der Waals surface area (Å²) in [5.74, 6) is -1.22. The van der Waals surface area contributed by atoms with Crippen molar-refractivity contribution in [2.75, 3.05) is 30.4 Å². The molecule has 0 atom stereocenters. The highest BCUT2D eigenvalue weighted by Crippen LogP contribution is 2.36. The van der Waals surface area contributed by atoms with Crippen LogP contribution in [-0.2, 0) is 6.54 Å². The van der Waals surface area contributed by atoms with Crippen molar-refractivity contribution in [3.8, 4) is 17.0 Å². The van der Waals surface area contributed by atoms with E-state index in [2.05, 4.69) is 35.3 Å². The molecule has 1 aliphatic rings. The van der Waals surface area contributed by atoms with Crippen molar-refractivity contribution in [1.29, 1.82) is 0 Å². The molecular formula is C24H21F3N8O2. The number of nitrogens with one attached hydrogen (secondary N) is 1. The summed E-state index contributed by atoms with van der Waals surface area (Å²) in [5.41, 5.74) is -0.283. The third kappa shape index (κ3) is 5.06. The molecule has 190 valence electrons. The largest absolute Gasteiger partial charge is 0.494 e. The summed E-state index contributed by atoms with van der Waals surface area (Å²) >= 11 is 0. The Bertz CT molecular complexity index is 1420. The van der Waals surface area contributed by atoms with E-state index in [0.29, 0.717) is 18.2 Å². The lowest BCUT2D eigenvalue weighted by Crippen LogP contribution is -2.38. The van der Waals surface area contributed by atoms with Crippen LogP contribution in [0, 0.1) is 5.82 Å². The van der Waals surface area contributed by atoms with Crippen molar-refractivity contribution in [2.24, 2.45) is 0 Å². The van der Waals surface area contributed by atoms with Gasteiger partial charge in [-0.2, -0.15) is 5.10 Å². The fraction of sp³-hybridized carbons (Fsp3) is 0.250. The molecule has 3 aromatic heterocycles. The van der Waals surface area contributed by atoms with E-state index in [9.17, 15) is 18.0 Å². The van der Waals surface area contributed by atoms with Gasteiger partial charge in [0.15, 0.2) is 11.6 Å². The zero-order valence-electron chi connectivity index (χ0n) is 19.6. The number of halogens is 3. The molecule has 37 heavy (non-hydrogen) atoms. The van der Waals surface area contributed by atoms with E-state index in [1.54, 1.807) is 23.3 Å². The summed E-state index contributed by atoms with van der Waals surface area (Å²) < 4.78 is 48.5. The lowest BCUT2D eigenvalue weighted by atomic mass is 10.0. The maximum atomic E-state index is 14.9. The van der Waals surface area contributed by atoms with Gasteiger partial charge in [-0.3, -0.25) is 14.5 Å². The van der Waals surface area contributed by atoms with E-state index in [1.807, 2.05) is 0 Å². The molecule has 1 amide bonds. The molecule has 4 heterocycles. The number of methoxy groups -OCH3 is 1. The molecule has 0 aliphatic carbocycles. The van der Waals surface area contributed by atoms with Crippen LogP contribution in [0.4, 0.5) is 24.8 Å². The Hall–Kier alpha value is -4.55. The Morgan fingerprint density at radius 2 is 1.92 bits per heavy atom. The highest BCUT2D eigenvalue weighted by Gasteiger charge is 2.24. The smallest absolute Gasteiger partial charge is 0.275 e. The molecule has 4 aromatic rings. The number of hydrogen-bond donors (Lipinski definition) is 1. The highest BCUT2D eigenvalue weighted by molar-refractivity contribution is 6.02. The third-order valence-electron chi connectivity index (χ3n) is 5.78. The van der Waals surface area contributed by atoms with Gasteiger partial charge in [-0.15, -0.1) is 0 Å². The fourth-order valence-corrected chi connectivity index (χ4v) is 3.77. The molecule has 1 fully saturated rings. The number of nitrogens with zero attached hydrogens (tertiary/aromatic N) is 7. The second-order valence-corrected chi connectivity index (χ2v) is 8.25. The van der Waals surface area contributed by atoms with E-state index < -0.39 is 29.3 Å². The van der Waals surface area contributed by atoms with Gasteiger partial charge in [0, 0.05) is 42.8 Å². The van der Waals surface area contributed by atoms with Gasteiger partial charge in [-0.1, -0.05) is 0 Å². The van der Waals surface area contributed by atoms with Crippen LogP contribution in [0.5, 0.6) is 5.75 Å². The van der Waals surface area contributed by atoms with Crippen molar-refractivity contribution < 1.29 is 22.7 Å². The number of ether oxygens (including phenoxy) is 1. The van der Waals surface area contributed by atoms with Crippen LogP contribution < -0.4 is 15.0 Å². The van der Waals surface area contributed by atoms with Gasteiger partial charge < -0.3 is 15.0 Å². The predicted octanol–water partition coefficient (Wildman–Crippen LogP) is 3.73. The highest BCUT2D eigenvalue weighted by atomic mass is 19.3. The summed E-state index contributed by atoms with van der Waals surface area (Å²) in [6, 6.07) is 2.16. The van der Waals surface area contributed by atoms with Crippen LogP contribution in [0.1, 0.15) is 34.5 Å². The molecule has 10 nitrogen and oxygen atoms in total.